The third-order valence-corrected chi connectivity index (χ3v) is 4.54. The Bertz CT molecular complexity index is 890. The molecular formula is C17H19ClN6O. The van der Waals surface area contributed by atoms with Crippen LogP contribution in [0.4, 0.5) is 17.2 Å². The van der Waals surface area contributed by atoms with E-state index in [0.717, 1.165) is 55.6 Å². The predicted octanol–water partition coefficient (Wildman–Crippen LogP) is 2.92. The van der Waals surface area contributed by atoms with Gasteiger partial charge in [0.1, 0.15) is 12.1 Å². The summed E-state index contributed by atoms with van der Waals surface area (Å²) in [5, 5.41) is 8.31. The first kappa shape index (κ1) is 16.1. The smallest absolute Gasteiger partial charge is 0.254 e. The van der Waals surface area contributed by atoms with Gasteiger partial charge in [-0.1, -0.05) is 18.5 Å². The summed E-state index contributed by atoms with van der Waals surface area (Å²) >= 11 is 6.52. The van der Waals surface area contributed by atoms with E-state index < -0.39 is 0 Å². The van der Waals surface area contributed by atoms with E-state index in [-0.39, 0.29) is 0 Å². The maximum absolute atomic E-state index is 6.52. The van der Waals surface area contributed by atoms with Crippen molar-refractivity contribution in [1.29, 1.82) is 0 Å². The largest absolute Gasteiger partial charge is 0.378 e. The van der Waals surface area contributed by atoms with Gasteiger partial charge in [0.15, 0.2) is 0 Å². The molecule has 7 nitrogen and oxygen atoms in total. The zero-order valence-electron chi connectivity index (χ0n) is 13.9. The fraction of sp³-hybridized carbons (Fsp3) is 0.353. The number of hydrogen-bond acceptors (Lipinski definition) is 6. The summed E-state index contributed by atoms with van der Waals surface area (Å²) in [7, 11) is 0. The van der Waals surface area contributed by atoms with E-state index >= 15 is 0 Å². The normalized spacial score (nSPS) is 14.9. The fourth-order valence-corrected chi connectivity index (χ4v) is 3.22. The molecule has 3 aromatic rings. The number of rotatable bonds is 4. The van der Waals surface area contributed by atoms with Crippen LogP contribution in [0.5, 0.6) is 0 Å². The number of halogens is 1. The number of benzene rings is 1. The quantitative estimate of drug-likeness (QED) is 0.773. The first-order valence-electron chi connectivity index (χ1n) is 8.33. The van der Waals surface area contributed by atoms with Crippen molar-refractivity contribution in [2.45, 2.75) is 13.3 Å². The number of ether oxygens (including phenoxy) is 1. The standard InChI is InChI=1S/C17H19ClN6O/c1-2-12-10-16(24-17(22-12)19-11-20-24)21-13-3-4-15(14(18)9-13)23-5-7-25-8-6-23/h3-4,9-11,21H,2,5-8H2,1H3. The number of nitrogens with one attached hydrogen (secondary N) is 1. The molecule has 0 amide bonds. The maximum Gasteiger partial charge on any atom is 0.254 e. The van der Waals surface area contributed by atoms with Gasteiger partial charge in [-0.2, -0.15) is 14.6 Å². The van der Waals surface area contributed by atoms with E-state index in [9.17, 15) is 0 Å². The first-order chi connectivity index (χ1) is 12.2. The van der Waals surface area contributed by atoms with Crippen LogP contribution < -0.4 is 10.2 Å². The number of aromatic nitrogens is 4. The van der Waals surface area contributed by atoms with Crippen LogP contribution in [0.25, 0.3) is 5.78 Å². The molecule has 0 atom stereocenters. The molecular weight excluding hydrogens is 340 g/mol. The highest BCUT2D eigenvalue weighted by molar-refractivity contribution is 6.33. The summed E-state index contributed by atoms with van der Waals surface area (Å²) in [4.78, 5) is 10.9. The molecule has 8 heteroatoms. The zero-order valence-corrected chi connectivity index (χ0v) is 14.7. The number of anilines is 3. The summed E-state index contributed by atoms with van der Waals surface area (Å²) < 4.78 is 7.08. The molecule has 0 saturated carbocycles. The second-order valence-corrected chi connectivity index (χ2v) is 6.26. The fourth-order valence-electron chi connectivity index (χ4n) is 2.92. The molecule has 4 rings (SSSR count). The average Bonchev–Trinajstić information content (AvgIpc) is 3.11. The van der Waals surface area contributed by atoms with Gasteiger partial charge in [0.2, 0.25) is 0 Å². The van der Waals surface area contributed by atoms with Crippen molar-refractivity contribution >= 4 is 34.6 Å². The number of nitrogens with zero attached hydrogens (tertiary/aromatic N) is 5. The van der Waals surface area contributed by atoms with Crippen LogP contribution in [0.1, 0.15) is 12.6 Å². The molecule has 25 heavy (non-hydrogen) atoms. The average molecular weight is 359 g/mol. The van der Waals surface area contributed by atoms with E-state index in [2.05, 4.69) is 32.2 Å². The first-order valence-corrected chi connectivity index (χ1v) is 8.71. The molecule has 1 aromatic carbocycles. The maximum atomic E-state index is 6.52. The van der Waals surface area contributed by atoms with E-state index in [1.165, 1.54) is 6.33 Å². The zero-order chi connectivity index (χ0) is 17.2. The van der Waals surface area contributed by atoms with Crippen molar-refractivity contribution in [3.05, 3.63) is 41.3 Å². The minimum Gasteiger partial charge on any atom is -0.378 e. The lowest BCUT2D eigenvalue weighted by Gasteiger charge is -2.29. The molecule has 1 fully saturated rings. The molecule has 3 heterocycles. The molecule has 2 aromatic heterocycles. The van der Waals surface area contributed by atoms with Crippen molar-refractivity contribution in [2.24, 2.45) is 0 Å². The van der Waals surface area contributed by atoms with E-state index in [4.69, 9.17) is 16.3 Å². The monoisotopic (exact) mass is 358 g/mol. The predicted molar refractivity (Wildman–Crippen MR) is 97.9 cm³/mol. The van der Waals surface area contributed by atoms with Gasteiger partial charge in [0.25, 0.3) is 5.78 Å². The molecule has 130 valence electrons. The Kier molecular flexibility index (Phi) is 4.42. The minimum absolute atomic E-state index is 0.581. The molecule has 0 spiro atoms. The van der Waals surface area contributed by atoms with Crippen molar-refractivity contribution < 1.29 is 4.74 Å². The van der Waals surface area contributed by atoms with E-state index in [1.807, 2.05) is 24.3 Å². The lowest BCUT2D eigenvalue weighted by Crippen LogP contribution is -2.36. The number of fused-ring (bicyclic) bond motifs is 1. The third kappa shape index (κ3) is 3.25. The van der Waals surface area contributed by atoms with Crippen molar-refractivity contribution in [3.63, 3.8) is 0 Å². The number of morpholine rings is 1. The summed E-state index contributed by atoms with van der Waals surface area (Å²) in [5.41, 5.74) is 2.89. The second-order valence-electron chi connectivity index (χ2n) is 5.85. The van der Waals surface area contributed by atoms with Gasteiger partial charge in [0.05, 0.1) is 23.9 Å². The lowest BCUT2D eigenvalue weighted by molar-refractivity contribution is 0.122. The van der Waals surface area contributed by atoms with Gasteiger partial charge >= 0.3 is 0 Å². The van der Waals surface area contributed by atoms with Crippen LogP contribution in [-0.4, -0.2) is 45.9 Å². The van der Waals surface area contributed by atoms with E-state index in [1.54, 1.807) is 4.52 Å². The van der Waals surface area contributed by atoms with Gasteiger partial charge < -0.3 is 15.0 Å². The highest BCUT2D eigenvalue weighted by Crippen LogP contribution is 2.30. The number of aryl methyl sites for hydroxylation is 1. The van der Waals surface area contributed by atoms with Crippen LogP contribution in [0.3, 0.4) is 0 Å². The van der Waals surface area contributed by atoms with Crippen molar-refractivity contribution in [3.8, 4) is 0 Å². The molecule has 1 aliphatic rings. The van der Waals surface area contributed by atoms with Crippen molar-refractivity contribution in [2.75, 3.05) is 36.5 Å². The Balaban J connectivity index is 1.63. The third-order valence-electron chi connectivity index (χ3n) is 4.24. The molecule has 1 saturated heterocycles. The highest BCUT2D eigenvalue weighted by atomic mass is 35.5. The summed E-state index contributed by atoms with van der Waals surface area (Å²) in [6, 6.07) is 7.97. The lowest BCUT2D eigenvalue weighted by atomic mass is 10.2. The van der Waals surface area contributed by atoms with Crippen LogP contribution in [0.15, 0.2) is 30.6 Å². The van der Waals surface area contributed by atoms with Crippen LogP contribution in [0.2, 0.25) is 5.02 Å². The number of hydrogen-bond donors (Lipinski definition) is 1. The Morgan fingerprint density at radius 3 is 2.84 bits per heavy atom. The molecule has 1 N–H and O–H groups in total. The Morgan fingerprint density at radius 1 is 1.24 bits per heavy atom. The van der Waals surface area contributed by atoms with Gasteiger partial charge in [-0.05, 0) is 24.6 Å². The van der Waals surface area contributed by atoms with Crippen LogP contribution in [0, 0.1) is 0 Å². The Labute approximate surface area is 150 Å². The molecule has 0 unspecified atom stereocenters. The summed E-state index contributed by atoms with van der Waals surface area (Å²) in [6.07, 6.45) is 2.33. The van der Waals surface area contributed by atoms with Gasteiger partial charge in [-0.3, -0.25) is 0 Å². The molecule has 0 radical (unpaired) electrons. The van der Waals surface area contributed by atoms with Crippen LogP contribution in [-0.2, 0) is 11.2 Å². The minimum atomic E-state index is 0.581. The second kappa shape index (κ2) is 6.85. The Hall–Kier alpha value is -2.38. The SMILES string of the molecule is CCc1cc(Nc2ccc(N3CCOCC3)c(Cl)c2)n2ncnc2n1. The molecule has 0 aliphatic carbocycles. The van der Waals surface area contributed by atoms with Crippen LogP contribution >= 0.6 is 11.6 Å². The van der Waals surface area contributed by atoms with Gasteiger partial charge in [-0.25, -0.2) is 4.98 Å². The van der Waals surface area contributed by atoms with E-state index in [0.29, 0.717) is 10.8 Å². The van der Waals surface area contributed by atoms with Crippen molar-refractivity contribution in [1.82, 2.24) is 19.6 Å². The molecule has 0 bridgehead atoms. The van der Waals surface area contributed by atoms with Gasteiger partial charge in [-0.15, -0.1) is 0 Å². The van der Waals surface area contributed by atoms with Gasteiger partial charge in [0, 0.05) is 30.5 Å². The highest BCUT2D eigenvalue weighted by Gasteiger charge is 2.15. The summed E-state index contributed by atoms with van der Waals surface area (Å²) in [5.74, 6) is 1.40. The topological polar surface area (TPSA) is 67.6 Å². The Morgan fingerprint density at radius 2 is 2.08 bits per heavy atom. The molecule has 1 aliphatic heterocycles. The summed E-state index contributed by atoms with van der Waals surface area (Å²) in [6.45, 7) is 5.24.